The van der Waals surface area contributed by atoms with E-state index in [1.54, 1.807) is 23.4 Å². The average molecular weight is 298 g/mol. The van der Waals surface area contributed by atoms with Gasteiger partial charge in [0.2, 0.25) is 5.91 Å². The molecule has 21 heavy (non-hydrogen) atoms. The van der Waals surface area contributed by atoms with Gasteiger partial charge in [0, 0.05) is 24.6 Å². The van der Waals surface area contributed by atoms with E-state index in [-0.39, 0.29) is 11.7 Å². The average Bonchev–Trinajstić information content (AvgIpc) is 2.55. The van der Waals surface area contributed by atoms with Crippen LogP contribution in [0.25, 0.3) is 0 Å². The van der Waals surface area contributed by atoms with Crippen molar-refractivity contribution in [2.45, 2.75) is 11.6 Å². The van der Waals surface area contributed by atoms with Crippen molar-refractivity contribution >= 4 is 23.4 Å². The number of nitriles is 1. The molecule has 106 valence electrons. The zero-order valence-electron chi connectivity index (χ0n) is 11.3. The highest BCUT2D eigenvalue weighted by molar-refractivity contribution is 7.99. The van der Waals surface area contributed by atoms with Crippen LogP contribution in [0.2, 0.25) is 0 Å². The molecule has 0 radical (unpaired) electrons. The molecule has 1 amide bonds. The lowest BCUT2D eigenvalue weighted by Crippen LogP contribution is -2.33. The van der Waals surface area contributed by atoms with Crippen molar-refractivity contribution in [3.63, 3.8) is 0 Å². The van der Waals surface area contributed by atoms with E-state index >= 15 is 0 Å². The highest BCUT2D eigenvalue weighted by Gasteiger charge is 2.15. The van der Waals surface area contributed by atoms with E-state index in [0.717, 1.165) is 5.69 Å². The molecule has 0 unspecified atom stereocenters. The molecule has 0 N–H and O–H groups in total. The number of amides is 1. The fraction of sp³-hybridized carbons (Fsp3) is 0.200. The van der Waals surface area contributed by atoms with Gasteiger partial charge in [-0.05, 0) is 18.2 Å². The van der Waals surface area contributed by atoms with E-state index in [9.17, 15) is 4.79 Å². The summed E-state index contributed by atoms with van der Waals surface area (Å²) in [5.41, 5.74) is 0.798. The summed E-state index contributed by atoms with van der Waals surface area (Å²) in [4.78, 5) is 22.1. The van der Waals surface area contributed by atoms with Gasteiger partial charge in [0.25, 0.3) is 0 Å². The largest absolute Gasteiger partial charge is 0.311 e. The van der Waals surface area contributed by atoms with Crippen molar-refractivity contribution in [2.24, 2.45) is 0 Å². The molecule has 0 saturated carbocycles. The third-order valence-corrected chi connectivity index (χ3v) is 3.54. The van der Waals surface area contributed by atoms with Gasteiger partial charge in [-0.15, -0.1) is 0 Å². The van der Waals surface area contributed by atoms with Crippen LogP contribution < -0.4 is 4.90 Å². The smallest absolute Gasteiger partial charge is 0.237 e. The molecule has 6 heteroatoms. The molecule has 0 bridgehead atoms. The highest BCUT2D eigenvalue weighted by atomic mass is 32.2. The molecule has 2 aromatic rings. The van der Waals surface area contributed by atoms with Crippen LogP contribution in [0, 0.1) is 11.3 Å². The van der Waals surface area contributed by atoms with Crippen LogP contribution in [0.1, 0.15) is 6.42 Å². The fourth-order valence-electron chi connectivity index (χ4n) is 1.73. The van der Waals surface area contributed by atoms with Gasteiger partial charge in [0.15, 0.2) is 5.16 Å². The molecule has 1 aromatic carbocycles. The van der Waals surface area contributed by atoms with Gasteiger partial charge in [0.1, 0.15) is 0 Å². The Balaban J connectivity index is 2.03. The van der Waals surface area contributed by atoms with Crippen molar-refractivity contribution in [3.05, 3.63) is 48.8 Å². The van der Waals surface area contributed by atoms with E-state index in [0.29, 0.717) is 18.1 Å². The van der Waals surface area contributed by atoms with Crippen LogP contribution in [0.5, 0.6) is 0 Å². The number of para-hydroxylation sites is 1. The Morgan fingerprint density at radius 1 is 1.19 bits per heavy atom. The maximum absolute atomic E-state index is 12.4. The molecule has 2 rings (SSSR count). The minimum atomic E-state index is -0.0612. The predicted molar refractivity (Wildman–Crippen MR) is 81.8 cm³/mol. The van der Waals surface area contributed by atoms with Crippen molar-refractivity contribution in [2.75, 3.05) is 17.2 Å². The minimum Gasteiger partial charge on any atom is -0.311 e. The second-order valence-corrected chi connectivity index (χ2v) is 5.05. The summed E-state index contributed by atoms with van der Waals surface area (Å²) in [5, 5.41) is 9.31. The number of benzene rings is 1. The van der Waals surface area contributed by atoms with Crippen LogP contribution in [0.3, 0.4) is 0 Å². The van der Waals surface area contributed by atoms with Crippen molar-refractivity contribution in [1.29, 1.82) is 5.26 Å². The Morgan fingerprint density at radius 3 is 2.57 bits per heavy atom. The number of aromatic nitrogens is 2. The number of hydrogen-bond donors (Lipinski definition) is 0. The van der Waals surface area contributed by atoms with E-state index in [4.69, 9.17) is 5.26 Å². The number of hydrogen-bond acceptors (Lipinski definition) is 5. The predicted octanol–water partition coefficient (Wildman–Crippen LogP) is 2.52. The molecule has 0 spiro atoms. The van der Waals surface area contributed by atoms with Gasteiger partial charge in [-0.3, -0.25) is 4.79 Å². The molecule has 1 aromatic heterocycles. The van der Waals surface area contributed by atoms with Crippen molar-refractivity contribution in [3.8, 4) is 6.07 Å². The van der Waals surface area contributed by atoms with Crippen LogP contribution in [0.15, 0.2) is 53.9 Å². The Labute approximate surface area is 127 Å². The molecule has 0 aliphatic carbocycles. The van der Waals surface area contributed by atoms with Gasteiger partial charge in [-0.25, -0.2) is 9.97 Å². The van der Waals surface area contributed by atoms with E-state index in [1.165, 1.54) is 11.8 Å². The van der Waals surface area contributed by atoms with Crippen LogP contribution in [-0.2, 0) is 4.79 Å². The summed E-state index contributed by atoms with van der Waals surface area (Å²) in [6.45, 7) is 0.384. The van der Waals surface area contributed by atoms with Crippen LogP contribution >= 0.6 is 11.8 Å². The van der Waals surface area contributed by atoms with Gasteiger partial charge in [-0.2, -0.15) is 5.26 Å². The zero-order chi connectivity index (χ0) is 14.9. The maximum Gasteiger partial charge on any atom is 0.237 e. The monoisotopic (exact) mass is 298 g/mol. The maximum atomic E-state index is 12.4. The summed E-state index contributed by atoms with van der Waals surface area (Å²) in [6.07, 6.45) is 3.59. The molecular weight excluding hydrogens is 284 g/mol. The first-order valence-electron chi connectivity index (χ1n) is 6.43. The number of rotatable bonds is 6. The lowest BCUT2D eigenvalue weighted by Gasteiger charge is -2.21. The molecular formula is C15H14N4OS. The lowest BCUT2D eigenvalue weighted by atomic mass is 10.2. The Hall–Kier alpha value is -2.39. The van der Waals surface area contributed by atoms with Crippen LogP contribution in [0.4, 0.5) is 5.69 Å². The highest BCUT2D eigenvalue weighted by Crippen LogP contribution is 2.17. The fourth-order valence-corrected chi connectivity index (χ4v) is 2.41. The Bertz CT molecular complexity index is 613. The second-order valence-electron chi connectivity index (χ2n) is 4.11. The number of carbonyl (C=O) groups is 1. The zero-order valence-corrected chi connectivity index (χ0v) is 12.2. The summed E-state index contributed by atoms with van der Waals surface area (Å²) in [7, 11) is 0. The van der Waals surface area contributed by atoms with Crippen molar-refractivity contribution < 1.29 is 4.79 Å². The second kappa shape index (κ2) is 8.02. The van der Waals surface area contributed by atoms with Gasteiger partial charge in [0.05, 0.1) is 18.2 Å². The summed E-state index contributed by atoms with van der Waals surface area (Å²) in [6, 6.07) is 13.2. The standard InChI is InChI=1S/C15H14N4OS/c16-8-4-11-19(13-6-2-1-3-7-13)14(20)12-21-15-17-9-5-10-18-15/h1-3,5-7,9-10H,4,11-12H2. The molecule has 0 fully saturated rings. The number of anilines is 1. The van der Waals surface area contributed by atoms with Gasteiger partial charge in [-0.1, -0.05) is 30.0 Å². The van der Waals surface area contributed by atoms with Crippen LogP contribution in [-0.4, -0.2) is 28.2 Å². The number of carbonyl (C=O) groups excluding carboxylic acids is 1. The van der Waals surface area contributed by atoms with Gasteiger partial charge < -0.3 is 4.90 Å². The van der Waals surface area contributed by atoms with Gasteiger partial charge >= 0.3 is 0 Å². The first-order valence-corrected chi connectivity index (χ1v) is 7.42. The summed E-state index contributed by atoms with van der Waals surface area (Å²) in [5.74, 6) is 0.179. The molecule has 0 atom stereocenters. The summed E-state index contributed by atoms with van der Waals surface area (Å²) < 4.78 is 0. The molecule has 0 saturated heterocycles. The number of thioether (sulfide) groups is 1. The third-order valence-electron chi connectivity index (χ3n) is 2.68. The molecule has 0 aliphatic heterocycles. The molecule has 1 heterocycles. The van der Waals surface area contributed by atoms with E-state index in [2.05, 4.69) is 16.0 Å². The first kappa shape index (κ1) is 15.0. The Morgan fingerprint density at radius 2 is 1.90 bits per heavy atom. The molecule has 5 nitrogen and oxygen atoms in total. The SMILES string of the molecule is N#CCCN(C(=O)CSc1ncccn1)c1ccccc1. The normalized spacial score (nSPS) is 9.86. The number of nitrogens with zero attached hydrogens (tertiary/aromatic N) is 4. The Kier molecular flexibility index (Phi) is 5.73. The first-order chi connectivity index (χ1) is 10.3. The topological polar surface area (TPSA) is 69.9 Å². The van der Waals surface area contributed by atoms with Crippen molar-refractivity contribution in [1.82, 2.24) is 9.97 Å². The summed E-state index contributed by atoms with van der Waals surface area (Å²) >= 11 is 1.29. The third kappa shape index (κ3) is 4.58. The van der Waals surface area contributed by atoms with E-state index < -0.39 is 0 Å². The molecule has 0 aliphatic rings. The van der Waals surface area contributed by atoms with E-state index in [1.807, 2.05) is 30.3 Å². The minimum absolute atomic E-state index is 0.0612. The lowest BCUT2D eigenvalue weighted by molar-refractivity contribution is -0.116. The quantitative estimate of drug-likeness (QED) is 0.605.